The van der Waals surface area contributed by atoms with Crippen LogP contribution >= 0.6 is 0 Å². The van der Waals surface area contributed by atoms with E-state index in [4.69, 9.17) is 0 Å². The molecule has 2 fully saturated rings. The van der Waals surface area contributed by atoms with E-state index in [1.165, 1.54) is 4.31 Å². The fraction of sp³-hybridized carbons (Fsp3) is 0.500. The van der Waals surface area contributed by atoms with Crippen LogP contribution in [0, 0.1) is 17.0 Å². The first kappa shape index (κ1) is 16.6. The number of hydrogen-bond acceptors (Lipinski definition) is 4. The third-order valence-electron chi connectivity index (χ3n) is 5.50. The van der Waals surface area contributed by atoms with Gasteiger partial charge in [-0.1, -0.05) is 6.42 Å². The molecule has 1 spiro atoms. The molecule has 1 saturated heterocycles. The van der Waals surface area contributed by atoms with Gasteiger partial charge in [-0.05, 0) is 30.4 Å². The highest BCUT2D eigenvalue weighted by Crippen LogP contribution is 2.56. The molecule has 1 aromatic heterocycles. The number of benzene rings is 1. The zero-order valence-electron chi connectivity index (χ0n) is 13.7. The van der Waals surface area contributed by atoms with E-state index < -0.39 is 21.7 Å². The average molecular weight is 368 g/mol. The van der Waals surface area contributed by atoms with Crippen molar-refractivity contribution in [3.63, 3.8) is 0 Å². The van der Waals surface area contributed by atoms with E-state index in [9.17, 15) is 17.2 Å². The standard InChI is InChI=1S/C16H18F2N4O2S/c1-21-10-19-20-15(21)14-8-22(9-16(14)3-2-4-16)25(23,24)13-6-11(17)5-12(18)7-13/h5-7,10,14H,2-4,8-9H2,1H3. The molecule has 1 saturated carbocycles. The molecule has 2 aliphatic rings. The highest BCUT2D eigenvalue weighted by molar-refractivity contribution is 7.89. The Morgan fingerprint density at radius 2 is 1.88 bits per heavy atom. The van der Waals surface area contributed by atoms with E-state index in [-0.39, 0.29) is 22.8 Å². The lowest BCUT2D eigenvalue weighted by molar-refractivity contribution is 0.126. The van der Waals surface area contributed by atoms with Crippen LogP contribution in [-0.4, -0.2) is 40.6 Å². The predicted molar refractivity (Wildman–Crippen MR) is 85.1 cm³/mol. The number of rotatable bonds is 3. The van der Waals surface area contributed by atoms with Gasteiger partial charge in [-0.3, -0.25) is 0 Å². The summed E-state index contributed by atoms with van der Waals surface area (Å²) in [5.41, 5.74) is -0.167. The molecule has 0 radical (unpaired) electrons. The maximum Gasteiger partial charge on any atom is 0.243 e. The molecule has 134 valence electrons. The van der Waals surface area contributed by atoms with Crippen molar-refractivity contribution in [3.05, 3.63) is 42.0 Å². The molecule has 2 aromatic rings. The highest BCUT2D eigenvalue weighted by atomic mass is 32.2. The Morgan fingerprint density at radius 1 is 1.20 bits per heavy atom. The SMILES string of the molecule is Cn1cnnc1C1CN(S(=O)(=O)c2cc(F)cc(F)c2)CC12CCC2. The molecule has 9 heteroatoms. The van der Waals surface area contributed by atoms with E-state index in [0.717, 1.165) is 37.2 Å². The monoisotopic (exact) mass is 368 g/mol. The first-order valence-electron chi connectivity index (χ1n) is 8.12. The van der Waals surface area contributed by atoms with Crippen molar-refractivity contribution < 1.29 is 17.2 Å². The van der Waals surface area contributed by atoms with Crippen LogP contribution in [0.15, 0.2) is 29.4 Å². The fourth-order valence-corrected chi connectivity index (χ4v) is 5.63. The summed E-state index contributed by atoms with van der Waals surface area (Å²) >= 11 is 0. The van der Waals surface area contributed by atoms with Crippen LogP contribution in [0.25, 0.3) is 0 Å². The molecule has 0 N–H and O–H groups in total. The largest absolute Gasteiger partial charge is 0.320 e. The quantitative estimate of drug-likeness (QED) is 0.832. The van der Waals surface area contributed by atoms with Gasteiger partial charge in [0.25, 0.3) is 0 Å². The molecule has 0 bridgehead atoms. The molecular weight excluding hydrogens is 350 g/mol. The van der Waals surface area contributed by atoms with Crippen molar-refractivity contribution in [2.45, 2.75) is 30.1 Å². The number of sulfonamides is 1. The third-order valence-corrected chi connectivity index (χ3v) is 7.29. The normalized spacial score (nSPS) is 23.1. The van der Waals surface area contributed by atoms with Gasteiger partial charge in [-0.15, -0.1) is 10.2 Å². The summed E-state index contributed by atoms with van der Waals surface area (Å²) in [6, 6.07) is 2.39. The molecule has 0 amide bonds. The van der Waals surface area contributed by atoms with E-state index in [2.05, 4.69) is 10.2 Å². The second-order valence-corrected chi connectivity index (χ2v) is 8.91. The van der Waals surface area contributed by atoms with Crippen LogP contribution in [0.1, 0.15) is 31.0 Å². The van der Waals surface area contributed by atoms with Crippen LogP contribution in [0.5, 0.6) is 0 Å². The fourth-order valence-electron chi connectivity index (χ4n) is 4.03. The zero-order valence-corrected chi connectivity index (χ0v) is 14.5. The second-order valence-electron chi connectivity index (χ2n) is 6.97. The third kappa shape index (κ3) is 2.56. The lowest BCUT2D eigenvalue weighted by Gasteiger charge is -2.42. The predicted octanol–water partition coefficient (Wildman–Crippen LogP) is 2.05. The zero-order chi connectivity index (χ0) is 17.8. The van der Waals surface area contributed by atoms with Crippen molar-refractivity contribution in [2.75, 3.05) is 13.1 Å². The topological polar surface area (TPSA) is 68.1 Å². The number of hydrogen-bond donors (Lipinski definition) is 0. The first-order valence-corrected chi connectivity index (χ1v) is 9.56. The Labute approximate surface area is 144 Å². The van der Waals surface area contributed by atoms with E-state index in [1.807, 2.05) is 11.6 Å². The highest BCUT2D eigenvalue weighted by Gasteiger charge is 2.55. The van der Waals surface area contributed by atoms with Crippen molar-refractivity contribution in [2.24, 2.45) is 12.5 Å². The minimum absolute atomic E-state index is 0.0677. The molecule has 4 rings (SSSR count). The Kier molecular flexibility index (Phi) is 3.69. The molecule has 6 nitrogen and oxygen atoms in total. The Bertz CT molecular complexity index is 904. The Balaban J connectivity index is 1.71. The smallest absolute Gasteiger partial charge is 0.243 e. The number of aromatic nitrogens is 3. The molecule has 25 heavy (non-hydrogen) atoms. The lowest BCUT2D eigenvalue weighted by atomic mass is 9.62. The molecule has 2 heterocycles. The lowest BCUT2D eigenvalue weighted by Crippen LogP contribution is -2.38. The minimum Gasteiger partial charge on any atom is -0.320 e. The molecule has 1 atom stereocenters. The van der Waals surface area contributed by atoms with Gasteiger partial charge in [0.2, 0.25) is 10.0 Å². The van der Waals surface area contributed by atoms with E-state index in [0.29, 0.717) is 12.6 Å². The summed E-state index contributed by atoms with van der Waals surface area (Å²) in [6.07, 6.45) is 4.46. The van der Waals surface area contributed by atoms with Crippen molar-refractivity contribution in [1.29, 1.82) is 0 Å². The second kappa shape index (κ2) is 5.57. The number of nitrogens with zero attached hydrogens (tertiary/aromatic N) is 4. The summed E-state index contributed by atoms with van der Waals surface area (Å²) in [5, 5.41) is 8.07. The minimum atomic E-state index is -3.97. The summed E-state index contributed by atoms with van der Waals surface area (Å²) in [7, 11) is -2.14. The molecular formula is C16H18F2N4O2S. The van der Waals surface area contributed by atoms with Gasteiger partial charge in [-0.25, -0.2) is 17.2 Å². The Hall–Kier alpha value is -1.87. The molecule has 1 aliphatic heterocycles. The van der Waals surface area contributed by atoms with Gasteiger partial charge in [0, 0.05) is 32.1 Å². The van der Waals surface area contributed by atoms with E-state index in [1.54, 1.807) is 6.33 Å². The van der Waals surface area contributed by atoms with Crippen LogP contribution in [0.2, 0.25) is 0 Å². The first-order chi connectivity index (χ1) is 11.8. The van der Waals surface area contributed by atoms with Crippen LogP contribution in [0.3, 0.4) is 0 Å². The number of aryl methyl sites for hydroxylation is 1. The van der Waals surface area contributed by atoms with E-state index >= 15 is 0 Å². The van der Waals surface area contributed by atoms with Gasteiger partial charge in [-0.2, -0.15) is 4.31 Å². The molecule has 1 aliphatic carbocycles. The van der Waals surface area contributed by atoms with Crippen molar-refractivity contribution in [1.82, 2.24) is 19.1 Å². The number of halogens is 2. The van der Waals surface area contributed by atoms with Crippen LogP contribution in [0.4, 0.5) is 8.78 Å². The summed E-state index contributed by atoms with van der Waals surface area (Å²) < 4.78 is 55.9. The summed E-state index contributed by atoms with van der Waals surface area (Å²) in [6.45, 7) is 0.581. The van der Waals surface area contributed by atoms with Crippen molar-refractivity contribution in [3.8, 4) is 0 Å². The van der Waals surface area contributed by atoms with Crippen LogP contribution < -0.4 is 0 Å². The summed E-state index contributed by atoms with van der Waals surface area (Å²) in [5.74, 6) is -1.12. The Morgan fingerprint density at radius 3 is 2.40 bits per heavy atom. The van der Waals surface area contributed by atoms with Gasteiger partial charge >= 0.3 is 0 Å². The van der Waals surface area contributed by atoms with Crippen molar-refractivity contribution >= 4 is 10.0 Å². The van der Waals surface area contributed by atoms with Gasteiger partial charge in [0.05, 0.1) is 4.90 Å². The van der Waals surface area contributed by atoms with Gasteiger partial charge < -0.3 is 4.57 Å². The molecule has 1 unspecified atom stereocenters. The maximum atomic E-state index is 13.5. The summed E-state index contributed by atoms with van der Waals surface area (Å²) in [4.78, 5) is -0.349. The van der Waals surface area contributed by atoms with Gasteiger partial charge in [0.15, 0.2) is 0 Å². The molecule has 1 aromatic carbocycles. The van der Waals surface area contributed by atoms with Crippen LogP contribution in [-0.2, 0) is 17.1 Å². The average Bonchev–Trinajstić information content (AvgIpc) is 3.09. The maximum absolute atomic E-state index is 13.5. The van der Waals surface area contributed by atoms with Gasteiger partial charge in [0.1, 0.15) is 23.8 Å².